The van der Waals surface area contributed by atoms with Gasteiger partial charge in [0, 0.05) is 4.47 Å². The lowest BCUT2D eigenvalue weighted by molar-refractivity contribution is -0.119. The molecule has 0 aromatic heterocycles. The highest BCUT2D eigenvalue weighted by molar-refractivity contribution is 9.10. The fraction of sp³-hybridized carbons (Fsp3) is 0.167. The van der Waals surface area contributed by atoms with E-state index in [-0.39, 0.29) is 11.4 Å². The number of aliphatic hydroxyl groups is 1. The first-order chi connectivity index (χ1) is 8.00. The summed E-state index contributed by atoms with van der Waals surface area (Å²) in [5.41, 5.74) is 0.883. The number of halogens is 1. The molecule has 0 fully saturated rings. The molecule has 1 aromatic carbocycles. The zero-order chi connectivity index (χ0) is 12.6. The average molecular weight is 296 g/mol. The number of Topliss-reactive ketones (excluding diaryl/α,β-unsaturated/α-hetero) is 1. The number of ketones is 1. The molecular weight excluding hydrogens is 286 g/mol. The lowest BCUT2D eigenvalue weighted by Gasteiger charge is -2.13. The minimum absolute atomic E-state index is 0.123. The van der Waals surface area contributed by atoms with Gasteiger partial charge in [-0.2, -0.15) is 0 Å². The number of hydrogen-bond acceptors (Lipinski definition) is 3. The molecule has 1 amide bonds. The van der Waals surface area contributed by atoms with Gasteiger partial charge in [0.15, 0.2) is 11.5 Å². The molecule has 1 aromatic rings. The van der Waals surface area contributed by atoms with Crippen molar-refractivity contribution in [2.24, 2.45) is 0 Å². The second-order valence-electron chi connectivity index (χ2n) is 3.78. The fourth-order valence-corrected chi connectivity index (χ4v) is 2.07. The van der Waals surface area contributed by atoms with E-state index in [0.717, 1.165) is 10.0 Å². The number of nitrogens with one attached hydrogen (secondary N) is 1. The van der Waals surface area contributed by atoms with E-state index in [9.17, 15) is 14.7 Å². The van der Waals surface area contributed by atoms with Crippen LogP contribution in [0.5, 0.6) is 0 Å². The van der Waals surface area contributed by atoms with Crippen LogP contribution in [0.25, 0.3) is 0 Å². The summed E-state index contributed by atoms with van der Waals surface area (Å²) in [7, 11) is 0. The van der Waals surface area contributed by atoms with Crippen LogP contribution >= 0.6 is 15.9 Å². The Morgan fingerprint density at radius 2 is 1.94 bits per heavy atom. The van der Waals surface area contributed by atoms with Gasteiger partial charge in [-0.05, 0) is 24.6 Å². The first kappa shape index (κ1) is 11.9. The molecule has 1 aliphatic heterocycles. The smallest absolute Gasteiger partial charge is 0.287 e. The molecule has 0 saturated carbocycles. The van der Waals surface area contributed by atoms with Gasteiger partial charge in [0.05, 0.1) is 11.6 Å². The first-order valence-electron chi connectivity index (χ1n) is 5.01. The second kappa shape index (κ2) is 4.33. The number of carbonyl (C=O) groups excluding carboxylic acids is 2. The van der Waals surface area contributed by atoms with Crippen LogP contribution in [-0.2, 0) is 9.59 Å². The maximum Gasteiger partial charge on any atom is 0.287 e. The molecule has 1 atom stereocenters. The fourth-order valence-electron chi connectivity index (χ4n) is 1.81. The van der Waals surface area contributed by atoms with E-state index in [1.165, 1.54) is 6.92 Å². The van der Waals surface area contributed by atoms with Crippen molar-refractivity contribution in [1.29, 1.82) is 0 Å². The number of benzene rings is 1. The topological polar surface area (TPSA) is 66.4 Å². The number of carbonyl (C=O) groups is 2. The van der Waals surface area contributed by atoms with Crippen LogP contribution in [0.3, 0.4) is 0 Å². The Balaban J connectivity index is 2.44. The highest BCUT2D eigenvalue weighted by Gasteiger charge is 2.35. The minimum Gasteiger partial charge on any atom is -0.503 e. The highest BCUT2D eigenvalue weighted by Crippen LogP contribution is 2.30. The van der Waals surface area contributed by atoms with E-state index in [2.05, 4.69) is 21.2 Å². The third-order valence-electron chi connectivity index (χ3n) is 2.62. The first-order valence-corrected chi connectivity index (χ1v) is 5.80. The summed E-state index contributed by atoms with van der Waals surface area (Å²) in [5, 5.41) is 12.1. The Hall–Kier alpha value is -1.62. The SMILES string of the molecule is CC(=O)C1=C(O)C(=O)N[C@@H]1c1ccc(Br)cc1. The summed E-state index contributed by atoms with van der Waals surface area (Å²) in [5.74, 6) is -1.40. The molecule has 0 aliphatic carbocycles. The van der Waals surface area contributed by atoms with E-state index in [4.69, 9.17) is 0 Å². The highest BCUT2D eigenvalue weighted by atomic mass is 79.9. The number of amides is 1. The van der Waals surface area contributed by atoms with Gasteiger partial charge < -0.3 is 10.4 Å². The summed E-state index contributed by atoms with van der Waals surface area (Å²) in [6.07, 6.45) is 0. The van der Waals surface area contributed by atoms with Gasteiger partial charge in [0.25, 0.3) is 5.91 Å². The summed E-state index contributed by atoms with van der Waals surface area (Å²) < 4.78 is 0.906. The van der Waals surface area contributed by atoms with Crippen molar-refractivity contribution >= 4 is 27.6 Å². The van der Waals surface area contributed by atoms with Gasteiger partial charge in [-0.3, -0.25) is 9.59 Å². The monoisotopic (exact) mass is 295 g/mol. The van der Waals surface area contributed by atoms with E-state index >= 15 is 0 Å². The van der Waals surface area contributed by atoms with Crippen molar-refractivity contribution in [3.63, 3.8) is 0 Å². The molecule has 0 spiro atoms. The molecule has 0 radical (unpaired) electrons. The van der Waals surface area contributed by atoms with Gasteiger partial charge >= 0.3 is 0 Å². The standard InChI is InChI=1S/C12H10BrNO3/c1-6(15)9-10(14-12(17)11(9)16)7-2-4-8(13)5-3-7/h2-5,10,16H,1H3,(H,14,17)/t10-/m1/s1. The van der Waals surface area contributed by atoms with Crippen LogP contribution in [0, 0.1) is 0 Å². The lowest BCUT2D eigenvalue weighted by Crippen LogP contribution is -2.23. The normalized spacial score (nSPS) is 19.4. The summed E-state index contributed by atoms with van der Waals surface area (Å²) in [4.78, 5) is 22.8. The second-order valence-corrected chi connectivity index (χ2v) is 4.69. The van der Waals surface area contributed by atoms with Crippen LogP contribution < -0.4 is 5.32 Å². The average Bonchev–Trinajstić information content (AvgIpc) is 2.56. The van der Waals surface area contributed by atoms with Crippen molar-refractivity contribution in [1.82, 2.24) is 5.32 Å². The van der Waals surface area contributed by atoms with Crippen LogP contribution in [0.15, 0.2) is 40.1 Å². The number of rotatable bonds is 2. The maximum atomic E-state index is 11.4. The predicted octanol–water partition coefficient (Wildman–Crippen LogP) is 2.02. The van der Waals surface area contributed by atoms with Crippen LogP contribution in [0.1, 0.15) is 18.5 Å². The Labute approximate surface area is 106 Å². The zero-order valence-electron chi connectivity index (χ0n) is 9.03. The lowest BCUT2D eigenvalue weighted by atomic mass is 9.98. The molecule has 17 heavy (non-hydrogen) atoms. The van der Waals surface area contributed by atoms with Gasteiger partial charge in [-0.1, -0.05) is 28.1 Å². The molecule has 0 saturated heterocycles. The van der Waals surface area contributed by atoms with Crippen molar-refractivity contribution in [2.45, 2.75) is 13.0 Å². The van der Waals surface area contributed by atoms with E-state index in [0.29, 0.717) is 0 Å². The van der Waals surface area contributed by atoms with Crippen molar-refractivity contribution in [2.75, 3.05) is 0 Å². The van der Waals surface area contributed by atoms with Gasteiger partial charge in [0.2, 0.25) is 0 Å². The summed E-state index contributed by atoms with van der Waals surface area (Å²) >= 11 is 3.31. The zero-order valence-corrected chi connectivity index (χ0v) is 10.6. The molecule has 88 valence electrons. The maximum absolute atomic E-state index is 11.4. The van der Waals surface area contributed by atoms with Crippen molar-refractivity contribution in [3.8, 4) is 0 Å². The van der Waals surface area contributed by atoms with Crippen molar-refractivity contribution < 1.29 is 14.7 Å². The van der Waals surface area contributed by atoms with E-state index < -0.39 is 17.7 Å². The third kappa shape index (κ3) is 2.10. The molecule has 4 nitrogen and oxygen atoms in total. The Kier molecular flexibility index (Phi) is 3.02. The quantitative estimate of drug-likeness (QED) is 0.877. The van der Waals surface area contributed by atoms with Crippen LogP contribution in [-0.4, -0.2) is 16.8 Å². The van der Waals surface area contributed by atoms with Gasteiger partial charge in [-0.25, -0.2) is 0 Å². The molecule has 5 heteroatoms. The molecular formula is C12H10BrNO3. The predicted molar refractivity (Wildman–Crippen MR) is 65.4 cm³/mol. The largest absolute Gasteiger partial charge is 0.503 e. The molecule has 0 bridgehead atoms. The molecule has 1 heterocycles. The third-order valence-corrected chi connectivity index (χ3v) is 3.15. The number of hydrogen-bond donors (Lipinski definition) is 2. The molecule has 2 rings (SSSR count). The van der Waals surface area contributed by atoms with Gasteiger partial charge in [0.1, 0.15) is 0 Å². The Bertz CT molecular complexity index is 519. The van der Waals surface area contributed by atoms with Crippen LogP contribution in [0.4, 0.5) is 0 Å². The summed E-state index contributed by atoms with van der Waals surface area (Å²) in [6.45, 7) is 1.33. The summed E-state index contributed by atoms with van der Waals surface area (Å²) in [6, 6.07) is 6.64. The number of aliphatic hydroxyl groups excluding tert-OH is 1. The molecule has 1 aliphatic rings. The Morgan fingerprint density at radius 3 is 2.47 bits per heavy atom. The Morgan fingerprint density at radius 1 is 1.35 bits per heavy atom. The molecule has 2 N–H and O–H groups in total. The molecule has 0 unspecified atom stereocenters. The van der Waals surface area contributed by atoms with E-state index in [1.807, 2.05) is 12.1 Å². The van der Waals surface area contributed by atoms with Crippen molar-refractivity contribution in [3.05, 3.63) is 45.6 Å². The van der Waals surface area contributed by atoms with Gasteiger partial charge in [-0.15, -0.1) is 0 Å². The minimum atomic E-state index is -0.608. The van der Waals surface area contributed by atoms with E-state index in [1.54, 1.807) is 12.1 Å². The van der Waals surface area contributed by atoms with Crippen LogP contribution in [0.2, 0.25) is 0 Å².